The third-order valence-corrected chi connectivity index (χ3v) is 5.45. The van der Waals surface area contributed by atoms with Crippen LogP contribution in [0.4, 0.5) is 0 Å². The average Bonchev–Trinajstić information content (AvgIpc) is 1.89. The van der Waals surface area contributed by atoms with Crippen LogP contribution in [-0.2, 0) is 0 Å². The first-order valence-electron chi connectivity index (χ1n) is 4.12. The van der Waals surface area contributed by atoms with Crippen LogP contribution in [0.25, 0.3) is 0 Å². The van der Waals surface area contributed by atoms with Crippen LogP contribution in [0.15, 0.2) is 0 Å². The number of rotatable bonds is 6. The minimum atomic E-state index is 0. The monoisotopic (exact) mass is 444 g/mol. The van der Waals surface area contributed by atoms with Crippen LogP contribution >= 0.6 is 0 Å². The van der Waals surface area contributed by atoms with Crippen LogP contribution in [0, 0.1) is 0 Å². The van der Waals surface area contributed by atoms with Crippen molar-refractivity contribution < 1.29 is 0 Å². The molecule has 0 nitrogen and oxygen atoms in total. The van der Waals surface area contributed by atoms with Crippen LogP contribution in [-0.4, -0.2) is 48.4 Å². The van der Waals surface area contributed by atoms with Gasteiger partial charge in [0.15, 0.2) is 0 Å². The van der Waals surface area contributed by atoms with Gasteiger partial charge in [-0.15, -0.1) is 0 Å². The van der Waals surface area contributed by atoms with Crippen molar-refractivity contribution in [3.63, 3.8) is 0 Å². The molecule has 0 bridgehead atoms. The molecule has 0 amide bonds. The molecular weight excluding hydrogens is 422 g/mol. The quantitative estimate of drug-likeness (QED) is 0.438. The molecule has 2 heteroatoms. The molecular formula is C8H20PbSn. The third kappa shape index (κ3) is 12.4. The van der Waals surface area contributed by atoms with Crippen molar-refractivity contribution in [2.75, 3.05) is 0 Å². The van der Waals surface area contributed by atoms with E-state index in [-0.39, 0.29) is 48.4 Å². The molecule has 60 valence electrons. The second kappa shape index (κ2) is 13.3. The molecule has 0 heterocycles. The topological polar surface area (TPSA) is 0 Å². The van der Waals surface area contributed by atoms with E-state index in [1.807, 2.05) is 0 Å². The molecule has 0 aromatic heterocycles. The second-order valence-corrected chi connectivity index (χ2v) is 6.74. The van der Waals surface area contributed by atoms with Crippen LogP contribution in [0.5, 0.6) is 0 Å². The fourth-order valence-corrected chi connectivity index (χ4v) is 4.89. The standard InChI is InChI=1S/2C4H9.Pb.Sn.2H/c2*1-3-4-2;;;;/h2*1,3-4H2,2H3;;;;. The molecule has 0 saturated carbocycles. The Kier molecular flexibility index (Phi) is 19.0. The summed E-state index contributed by atoms with van der Waals surface area (Å²) in [5.41, 5.74) is 0. The van der Waals surface area contributed by atoms with Gasteiger partial charge in [-0.2, -0.15) is 0 Å². The van der Waals surface area contributed by atoms with Gasteiger partial charge in [0.05, 0.1) is 0 Å². The predicted molar refractivity (Wildman–Crippen MR) is 53.7 cm³/mol. The Morgan fingerprint density at radius 3 is 1.60 bits per heavy atom. The fraction of sp³-hybridized carbons (Fsp3) is 1.00. The Morgan fingerprint density at radius 2 is 1.30 bits per heavy atom. The summed E-state index contributed by atoms with van der Waals surface area (Å²) in [6.45, 7) is 4.58. The van der Waals surface area contributed by atoms with Crippen molar-refractivity contribution in [2.45, 2.75) is 48.4 Å². The van der Waals surface area contributed by atoms with E-state index >= 15 is 0 Å². The van der Waals surface area contributed by atoms with Gasteiger partial charge in [-0.05, 0) is 0 Å². The summed E-state index contributed by atoms with van der Waals surface area (Å²) < 4.78 is 3.25. The molecule has 0 aliphatic rings. The summed E-state index contributed by atoms with van der Waals surface area (Å²) >= 11 is 0.149. The zero-order chi connectivity index (χ0) is 6.95. The first-order valence-corrected chi connectivity index (χ1v) is 8.16. The van der Waals surface area contributed by atoms with E-state index < -0.39 is 0 Å². The van der Waals surface area contributed by atoms with Crippen molar-refractivity contribution in [3.8, 4) is 0 Å². The molecule has 0 atom stereocenters. The van der Waals surface area contributed by atoms with Gasteiger partial charge in [-0.3, -0.25) is 0 Å². The van der Waals surface area contributed by atoms with E-state index in [2.05, 4.69) is 13.8 Å². The molecule has 0 spiro atoms. The van der Waals surface area contributed by atoms with Crippen LogP contribution < -0.4 is 0 Å². The summed E-state index contributed by atoms with van der Waals surface area (Å²) in [6.07, 6.45) is 5.84. The molecule has 0 unspecified atom stereocenters. The molecule has 0 N–H and O–H groups in total. The van der Waals surface area contributed by atoms with E-state index in [1.165, 1.54) is 25.7 Å². The van der Waals surface area contributed by atoms with E-state index in [0.717, 1.165) is 0 Å². The second-order valence-electron chi connectivity index (χ2n) is 2.46. The van der Waals surface area contributed by atoms with Gasteiger partial charge in [0.1, 0.15) is 0 Å². The van der Waals surface area contributed by atoms with Gasteiger partial charge >= 0.3 is 96.8 Å². The van der Waals surface area contributed by atoms with Crippen LogP contribution in [0.1, 0.15) is 39.5 Å². The zero-order valence-corrected chi connectivity index (χ0v) is 15.8. The summed E-state index contributed by atoms with van der Waals surface area (Å²) in [5.74, 6) is 0. The van der Waals surface area contributed by atoms with Crippen molar-refractivity contribution in [1.29, 1.82) is 0 Å². The maximum atomic E-state index is 2.29. The molecule has 0 rings (SSSR count). The minimum absolute atomic E-state index is 0. The Bertz CT molecular complexity index is 42.5. The molecule has 4 radical (unpaired) electrons. The SMILES string of the molecule is CCC[CH2][Sn][CH2]CCC.[PbH2]. The summed E-state index contributed by atoms with van der Waals surface area (Å²) in [7, 11) is 0. The zero-order valence-electron chi connectivity index (χ0n) is 7.45. The van der Waals surface area contributed by atoms with Gasteiger partial charge in [-0.25, -0.2) is 0 Å². The molecule has 0 saturated heterocycles. The Morgan fingerprint density at radius 1 is 0.900 bits per heavy atom. The van der Waals surface area contributed by atoms with E-state index in [1.54, 1.807) is 8.87 Å². The normalized spacial score (nSPS) is 9.00. The summed E-state index contributed by atoms with van der Waals surface area (Å²) in [6, 6.07) is 0. The van der Waals surface area contributed by atoms with Crippen molar-refractivity contribution >= 4 is 48.4 Å². The number of unbranched alkanes of at least 4 members (excludes halogenated alkanes) is 2. The predicted octanol–water partition coefficient (Wildman–Crippen LogP) is 2.21. The van der Waals surface area contributed by atoms with Crippen molar-refractivity contribution in [3.05, 3.63) is 0 Å². The van der Waals surface area contributed by atoms with E-state index in [4.69, 9.17) is 0 Å². The molecule has 0 aromatic rings. The fourth-order valence-electron chi connectivity index (χ4n) is 0.729. The Hall–Kier alpha value is 1.72. The van der Waals surface area contributed by atoms with Crippen molar-refractivity contribution in [2.24, 2.45) is 0 Å². The molecule has 0 aromatic carbocycles. The van der Waals surface area contributed by atoms with Gasteiger partial charge < -0.3 is 0 Å². The molecule has 10 heavy (non-hydrogen) atoms. The van der Waals surface area contributed by atoms with Gasteiger partial charge in [0, 0.05) is 0 Å². The first kappa shape index (κ1) is 14.3. The summed E-state index contributed by atoms with van der Waals surface area (Å²) in [4.78, 5) is 0. The molecule has 0 aliphatic carbocycles. The Balaban J connectivity index is 0. The number of hydrogen-bond donors (Lipinski definition) is 0. The van der Waals surface area contributed by atoms with E-state index in [0.29, 0.717) is 0 Å². The first-order chi connectivity index (χ1) is 4.41. The number of hydrogen-bond acceptors (Lipinski definition) is 0. The maximum absolute atomic E-state index is 2.29. The van der Waals surface area contributed by atoms with Gasteiger partial charge in [-0.1, -0.05) is 0 Å². The third-order valence-electron chi connectivity index (χ3n) is 1.41. The van der Waals surface area contributed by atoms with Crippen molar-refractivity contribution in [1.82, 2.24) is 0 Å². The summed E-state index contributed by atoms with van der Waals surface area (Å²) in [5, 5.41) is 0. The van der Waals surface area contributed by atoms with Crippen LogP contribution in [0.2, 0.25) is 8.87 Å². The Labute approximate surface area is 95.9 Å². The van der Waals surface area contributed by atoms with Crippen LogP contribution in [0.3, 0.4) is 0 Å². The molecule has 0 fully saturated rings. The van der Waals surface area contributed by atoms with E-state index in [9.17, 15) is 0 Å². The van der Waals surface area contributed by atoms with Gasteiger partial charge in [0.2, 0.25) is 0 Å². The molecule has 0 aliphatic heterocycles. The van der Waals surface area contributed by atoms with Gasteiger partial charge in [0.25, 0.3) is 0 Å². The average molecular weight is 442 g/mol.